The first-order chi connectivity index (χ1) is 65.1. The number of nitrogens with one attached hydrogen (secondary N) is 4. The van der Waals surface area contributed by atoms with Gasteiger partial charge in [-0.1, -0.05) is 53.6 Å². The standard InChI is InChI=1S/C30H31N3O4.C27H24N2O4.C26H20F3N3O4.C23H22N2O4/c1-16-10-17(12-18(11-16)30(2,3)31)13-19(34)14-23-27-22-15-20(4-6-24(22)37-28(23)27)36-25-8-9-32-29-21(25)5-7-26(35)33-29;1-15-3-2-4-16(11-15)12-17(30)13-21-25-20-14-18(5-7-22(20)33-26(21)25)32-23-9-10-28-27-19(23)6-8-24(31)29-27;27-26(28,29)13-5-7-30-14(9-13)10-15(33)11-19-23-18-12-16(1-3-20(18)36-24(19)23)35-21-6-8-31-25-17(21)2-4-22(34)32-25;26-13(9-12-1-2-12)10-17-21-16-11-14(3-5-18(16)29-22(17)21)28-19-7-8-24-23-15(19)4-6-20(27)25-23/h4,6,8-12,15,23,27-28H,5,7,13-14,31H2,1-3H3,(H,32,33,35);2-5,7,9-11,14,21,25-26H,6,8,12-13H2,1H3,(H,28,29,31);1,3,5-9,12,19,23-24H,2,4,10-11H2,(H,31,32,34);3,5,7-8,11-12,17,21-22H,1-2,4,6,9-10H2,(H,24,25,27)/t23-,27-,28+;21-,25-,26+;19-,23-,24+;17-,21-,22+/m0110/s1. The number of hydrogen-bond donors (Lipinski definition) is 5. The molecule has 0 bridgehead atoms. The predicted octanol–water partition coefficient (Wildman–Crippen LogP) is 18.5. The summed E-state index contributed by atoms with van der Waals surface area (Å²) < 4.78 is 87.8. The van der Waals surface area contributed by atoms with Crippen LogP contribution in [0.2, 0.25) is 0 Å². The maximum atomic E-state index is 13.0. The quantitative estimate of drug-likeness (QED) is 0.0355. The highest BCUT2D eigenvalue weighted by molar-refractivity contribution is 5.96. The zero-order valence-electron chi connectivity index (χ0n) is 74.5. The fraction of sp³-hybridized carbons (Fsp3) is 0.349. The Labute approximate surface area is 775 Å². The number of rotatable bonds is 25. The normalized spacial score (nSPS) is 22.5. The van der Waals surface area contributed by atoms with Gasteiger partial charge in [-0.2, -0.15) is 13.2 Å². The van der Waals surface area contributed by atoms with Crippen molar-refractivity contribution in [2.24, 2.45) is 35.3 Å². The molecular weight excluding hydrogens is 1730 g/mol. The summed E-state index contributed by atoms with van der Waals surface area (Å²) in [5.41, 5.74) is 18.4. The molecule has 0 radical (unpaired) electrons. The molecule has 11 aromatic rings. The number of amides is 4. The zero-order valence-corrected chi connectivity index (χ0v) is 74.5. The minimum absolute atomic E-state index is 0.0149. The summed E-state index contributed by atoms with van der Waals surface area (Å²) in [6.45, 7) is 8.04. The van der Waals surface area contributed by atoms with Gasteiger partial charge in [0.1, 0.15) is 140 Å². The molecule has 6 aromatic carbocycles. The molecule has 0 unspecified atom stereocenters. The van der Waals surface area contributed by atoms with Gasteiger partial charge in [-0.25, -0.2) is 19.9 Å². The number of Topliss-reactive ketones (excluding diaryl/α,β-unsaturated/α-hetero) is 4. The Balaban J connectivity index is 0.000000108. The molecule has 29 heteroatoms. The summed E-state index contributed by atoms with van der Waals surface area (Å²) in [5, 5.41) is 11.2. The van der Waals surface area contributed by atoms with E-state index in [9.17, 15) is 51.5 Å². The van der Waals surface area contributed by atoms with Crippen LogP contribution in [0.15, 0.2) is 183 Å². The number of halogens is 3. The number of alkyl halides is 3. The molecule has 688 valence electrons. The molecule has 12 atom stereocenters. The number of carbonyl (C=O) groups excluding carboxylic acids is 8. The van der Waals surface area contributed by atoms with Crippen molar-refractivity contribution in [1.29, 1.82) is 0 Å². The number of carbonyl (C=O) groups is 8. The van der Waals surface area contributed by atoms with Crippen LogP contribution >= 0.6 is 0 Å². The molecule has 5 saturated carbocycles. The van der Waals surface area contributed by atoms with Crippen molar-refractivity contribution in [1.82, 2.24) is 24.9 Å². The number of nitrogens with two attached hydrogens (primary N) is 1. The number of pyridine rings is 5. The molecule has 26 nitrogen and oxygen atoms in total. The maximum Gasteiger partial charge on any atom is 0.416 e. The van der Waals surface area contributed by atoms with Crippen molar-refractivity contribution >= 4 is 70.0 Å². The van der Waals surface area contributed by atoms with Gasteiger partial charge in [0.05, 0.1) is 5.56 Å². The van der Waals surface area contributed by atoms with Crippen LogP contribution in [0.3, 0.4) is 0 Å². The van der Waals surface area contributed by atoms with Crippen LogP contribution in [-0.2, 0) is 95.0 Å². The highest BCUT2D eigenvalue weighted by atomic mass is 19.4. The predicted molar refractivity (Wildman–Crippen MR) is 489 cm³/mol. The third kappa shape index (κ3) is 18.9. The van der Waals surface area contributed by atoms with Gasteiger partial charge in [-0.15, -0.1) is 0 Å². The lowest BCUT2D eigenvalue weighted by atomic mass is 9.90. The Kier molecular flexibility index (Phi) is 22.9. The van der Waals surface area contributed by atoms with E-state index in [1.54, 1.807) is 36.9 Å². The Morgan fingerprint density at radius 1 is 0.378 bits per heavy atom. The average Bonchev–Trinajstić information content (AvgIpc) is 1.57. The van der Waals surface area contributed by atoms with E-state index >= 15 is 0 Å². The number of fused-ring (bicyclic) bond motifs is 16. The van der Waals surface area contributed by atoms with E-state index < -0.39 is 17.3 Å². The summed E-state index contributed by atoms with van der Waals surface area (Å²) in [4.78, 5) is 118. The van der Waals surface area contributed by atoms with Crippen molar-refractivity contribution < 1.29 is 89.4 Å². The van der Waals surface area contributed by atoms with Crippen molar-refractivity contribution in [2.75, 3.05) is 21.3 Å². The summed E-state index contributed by atoms with van der Waals surface area (Å²) in [5.74, 6) is 13.8. The number of aromatic nitrogens is 5. The second-order valence-electron chi connectivity index (χ2n) is 38.1. The first kappa shape index (κ1) is 87.4. The molecule has 8 aliphatic heterocycles. The Hall–Kier alpha value is -14.2. The molecule has 0 spiro atoms. The minimum atomic E-state index is -4.48. The average molecular weight is 1820 g/mol. The van der Waals surface area contributed by atoms with Crippen LogP contribution in [0.1, 0.15) is 192 Å². The van der Waals surface area contributed by atoms with Crippen LogP contribution in [-0.4, -0.2) is 96.1 Å². The molecule has 4 amide bonds. The van der Waals surface area contributed by atoms with Gasteiger partial charge in [-0.05, 0) is 198 Å². The number of benzene rings is 6. The van der Waals surface area contributed by atoms with Gasteiger partial charge < -0.3 is 64.9 Å². The first-order valence-corrected chi connectivity index (χ1v) is 46.2. The second-order valence-corrected chi connectivity index (χ2v) is 38.1. The molecule has 135 heavy (non-hydrogen) atoms. The molecule has 5 aromatic heterocycles. The lowest BCUT2D eigenvalue weighted by Crippen LogP contribution is -2.28. The van der Waals surface area contributed by atoms with Crippen LogP contribution in [0, 0.1) is 43.4 Å². The Morgan fingerprint density at radius 3 is 1.08 bits per heavy atom. The van der Waals surface area contributed by atoms with Gasteiger partial charge in [0.25, 0.3) is 0 Å². The minimum Gasteiger partial charge on any atom is -0.489 e. The number of ether oxygens (including phenoxy) is 8. The largest absolute Gasteiger partial charge is 0.489 e. The van der Waals surface area contributed by atoms with Crippen molar-refractivity contribution in [2.45, 2.75) is 203 Å². The molecule has 13 heterocycles. The number of aryl methyl sites for hydroxylation is 2. The summed E-state index contributed by atoms with van der Waals surface area (Å²) in [6.07, 6.45) is 13.0. The number of hydrogen-bond acceptors (Lipinski definition) is 22. The number of nitrogens with zero attached hydrogens (tertiary/aromatic N) is 5. The van der Waals surface area contributed by atoms with Crippen LogP contribution in [0.25, 0.3) is 0 Å². The maximum absolute atomic E-state index is 13.0. The van der Waals surface area contributed by atoms with Gasteiger partial charge in [0.2, 0.25) is 23.6 Å². The molecular formula is C106H97F3N10O16. The van der Waals surface area contributed by atoms with E-state index in [4.69, 9.17) is 43.6 Å². The second kappa shape index (κ2) is 35.3. The molecule has 13 aliphatic rings. The molecule has 24 rings (SSSR count). The third-order valence-electron chi connectivity index (χ3n) is 27.6. The Bertz CT molecular complexity index is 6710. The van der Waals surface area contributed by atoms with Gasteiger partial charge in [0.15, 0.2) is 0 Å². The van der Waals surface area contributed by atoms with E-state index in [0.717, 1.165) is 132 Å². The molecule has 5 fully saturated rings. The van der Waals surface area contributed by atoms with Crippen molar-refractivity contribution in [3.05, 3.63) is 266 Å². The number of anilines is 4. The fourth-order valence-corrected chi connectivity index (χ4v) is 20.5. The SMILES string of the molecule is Cc1cc(CC(=O)C[C@@H]2[C@H]3Oc4ccc(Oc5ccnc6c5CCC(=O)N6)cc4[C@@H]23)cc(C(C)(C)N)c1.Cc1cccc(CC(=O)C[C@H]2[C@@H]3Oc4ccc(Oc5ccnc6c5CCC(=O)N6)cc4[C@H]23)c1.O=C(CC1CC1)C[C@@H]1[C@H]2Oc3ccc(Oc4ccnc5c4CCC(=O)N5)cc3[C@@H]12.O=C(Cc1cc(C(F)(F)F)ccn1)C[C@H]1[C@@H]2Oc3ccc(Oc4ccnc5c4CCC(=O)N5)cc3[C@H]12. The van der Waals surface area contributed by atoms with Gasteiger partial charge in [0, 0.05) is 211 Å². The van der Waals surface area contributed by atoms with Gasteiger partial charge >= 0.3 is 6.18 Å². The lowest BCUT2D eigenvalue weighted by molar-refractivity contribution is -0.138. The topological polar surface area (TPSA) is 349 Å². The van der Waals surface area contributed by atoms with Crippen LogP contribution in [0.5, 0.6) is 69.0 Å². The molecule has 6 N–H and O–H groups in total. The van der Waals surface area contributed by atoms with E-state index in [0.29, 0.717) is 159 Å². The van der Waals surface area contributed by atoms with E-state index in [1.807, 2.05) is 131 Å². The zero-order chi connectivity index (χ0) is 93.0. The fourth-order valence-electron chi connectivity index (χ4n) is 20.5. The summed E-state index contributed by atoms with van der Waals surface area (Å²) >= 11 is 0. The Morgan fingerprint density at radius 2 is 0.726 bits per heavy atom. The van der Waals surface area contributed by atoms with Crippen LogP contribution in [0.4, 0.5) is 36.4 Å². The lowest BCUT2D eigenvalue weighted by Gasteiger charge is -2.21. The highest BCUT2D eigenvalue weighted by Gasteiger charge is 2.62. The highest BCUT2D eigenvalue weighted by Crippen LogP contribution is 2.65. The summed E-state index contributed by atoms with van der Waals surface area (Å²) in [6, 6.07) is 46.5. The van der Waals surface area contributed by atoms with E-state index in [2.05, 4.69) is 70.5 Å². The number of ketones is 4. The van der Waals surface area contributed by atoms with E-state index in [-0.39, 0.29) is 119 Å². The summed E-state index contributed by atoms with van der Waals surface area (Å²) in [7, 11) is 0. The van der Waals surface area contributed by atoms with Crippen molar-refractivity contribution in [3.63, 3.8) is 0 Å². The monoisotopic (exact) mass is 1820 g/mol. The van der Waals surface area contributed by atoms with E-state index in [1.165, 1.54) is 18.4 Å². The van der Waals surface area contributed by atoms with Gasteiger partial charge in [-0.3, -0.25) is 43.3 Å². The smallest absolute Gasteiger partial charge is 0.416 e. The first-order valence-electron chi connectivity index (χ1n) is 46.2. The third-order valence-corrected chi connectivity index (χ3v) is 27.6. The van der Waals surface area contributed by atoms with Crippen molar-refractivity contribution in [3.8, 4) is 69.0 Å². The van der Waals surface area contributed by atoms with Crippen LogP contribution < -0.4 is 64.9 Å². The molecule has 5 aliphatic carbocycles. The molecule has 0 saturated heterocycles.